The van der Waals surface area contributed by atoms with E-state index in [2.05, 4.69) is 15.0 Å². The van der Waals surface area contributed by atoms with E-state index in [0.29, 0.717) is 23.6 Å². The Morgan fingerprint density at radius 1 is 0.971 bits per heavy atom. The molecule has 0 aliphatic carbocycles. The Hall–Kier alpha value is -4.00. The maximum absolute atomic E-state index is 13.3. The van der Waals surface area contributed by atoms with Crippen molar-refractivity contribution in [2.24, 2.45) is 0 Å². The number of hydrogen-bond donors (Lipinski definition) is 0. The molecule has 1 aromatic carbocycles. The average molecular weight is 457 g/mol. The van der Waals surface area contributed by atoms with E-state index in [1.807, 2.05) is 69.3 Å². The first-order valence-corrected chi connectivity index (χ1v) is 11.2. The predicted octanol–water partition coefficient (Wildman–Crippen LogP) is 5.02. The van der Waals surface area contributed by atoms with E-state index in [0.717, 1.165) is 34.2 Å². The van der Waals surface area contributed by atoms with Crippen molar-refractivity contribution in [2.45, 2.75) is 40.2 Å². The maximum atomic E-state index is 13.3. The summed E-state index contributed by atoms with van der Waals surface area (Å²) in [6.07, 6.45) is 3.43. The van der Waals surface area contributed by atoms with Crippen molar-refractivity contribution >= 4 is 0 Å². The van der Waals surface area contributed by atoms with Crippen molar-refractivity contribution in [2.75, 3.05) is 7.11 Å². The van der Waals surface area contributed by atoms with Crippen molar-refractivity contribution in [3.8, 4) is 28.6 Å². The molecule has 0 saturated heterocycles. The molecule has 7 nitrogen and oxygen atoms in total. The summed E-state index contributed by atoms with van der Waals surface area (Å²) in [5.74, 6) is 2.29. The van der Waals surface area contributed by atoms with Crippen LogP contribution in [0.15, 0.2) is 65.7 Å². The Balaban J connectivity index is 1.65. The molecule has 4 rings (SSSR count). The van der Waals surface area contributed by atoms with Crippen molar-refractivity contribution < 1.29 is 9.47 Å². The Morgan fingerprint density at radius 2 is 1.76 bits per heavy atom. The third-order valence-electron chi connectivity index (χ3n) is 5.57. The van der Waals surface area contributed by atoms with Crippen LogP contribution in [0.2, 0.25) is 0 Å². The zero-order valence-corrected chi connectivity index (χ0v) is 20.1. The molecule has 0 atom stereocenters. The van der Waals surface area contributed by atoms with Crippen LogP contribution < -0.4 is 15.0 Å². The molecular formula is C27H28N4O3. The van der Waals surface area contributed by atoms with Gasteiger partial charge >= 0.3 is 0 Å². The number of hydrogen-bond acceptors (Lipinski definition) is 6. The first-order chi connectivity index (χ1) is 16.4. The molecule has 0 aliphatic heterocycles. The van der Waals surface area contributed by atoms with Crippen LogP contribution in [0.5, 0.6) is 11.5 Å². The number of aromatic nitrogens is 4. The quantitative estimate of drug-likeness (QED) is 0.389. The number of nitrogens with zero attached hydrogens (tertiary/aromatic N) is 4. The zero-order chi connectivity index (χ0) is 24.2. The highest BCUT2D eigenvalue weighted by molar-refractivity contribution is 5.57. The first-order valence-electron chi connectivity index (χ1n) is 11.2. The second kappa shape index (κ2) is 9.87. The van der Waals surface area contributed by atoms with Gasteiger partial charge in [-0.15, -0.1) is 0 Å². The van der Waals surface area contributed by atoms with E-state index < -0.39 is 0 Å². The van der Waals surface area contributed by atoms with Crippen LogP contribution in [-0.4, -0.2) is 26.6 Å². The summed E-state index contributed by atoms with van der Waals surface area (Å²) in [7, 11) is 1.63. The van der Waals surface area contributed by atoms with Gasteiger partial charge in [0, 0.05) is 30.1 Å². The SMILES string of the molecule is COc1cccc(COc2cc(C)n(-c3ccnc(-c4ccnc(C(C)C)n4)c3)c(=O)c2C)c1. The van der Waals surface area contributed by atoms with Gasteiger partial charge in [-0.3, -0.25) is 14.3 Å². The van der Waals surface area contributed by atoms with Crippen molar-refractivity contribution in [1.29, 1.82) is 0 Å². The molecule has 0 saturated carbocycles. The van der Waals surface area contributed by atoms with Crippen molar-refractivity contribution in [3.05, 3.63) is 93.9 Å². The lowest BCUT2D eigenvalue weighted by molar-refractivity contribution is 0.301. The number of aryl methyl sites for hydroxylation is 1. The van der Waals surface area contributed by atoms with E-state index in [1.165, 1.54) is 0 Å². The molecule has 3 aromatic heterocycles. The fraction of sp³-hybridized carbons (Fsp3) is 0.259. The van der Waals surface area contributed by atoms with Gasteiger partial charge in [0.1, 0.15) is 23.9 Å². The molecule has 3 heterocycles. The van der Waals surface area contributed by atoms with Gasteiger partial charge in [-0.25, -0.2) is 9.97 Å². The summed E-state index contributed by atoms with van der Waals surface area (Å²) in [6, 6.07) is 15.1. The number of ether oxygens (including phenoxy) is 2. The third-order valence-corrected chi connectivity index (χ3v) is 5.57. The molecule has 0 spiro atoms. The minimum absolute atomic E-state index is 0.136. The highest BCUT2D eigenvalue weighted by Gasteiger charge is 2.14. The largest absolute Gasteiger partial charge is 0.497 e. The summed E-state index contributed by atoms with van der Waals surface area (Å²) in [5, 5.41) is 0. The number of methoxy groups -OCH3 is 1. The predicted molar refractivity (Wildman–Crippen MR) is 132 cm³/mol. The zero-order valence-electron chi connectivity index (χ0n) is 20.1. The van der Waals surface area contributed by atoms with E-state index in [1.54, 1.807) is 31.0 Å². The Bertz CT molecular complexity index is 1380. The Labute approximate surface area is 199 Å². The minimum Gasteiger partial charge on any atom is -0.497 e. The van der Waals surface area contributed by atoms with Crippen LogP contribution in [0.25, 0.3) is 17.1 Å². The van der Waals surface area contributed by atoms with Gasteiger partial charge in [-0.2, -0.15) is 0 Å². The summed E-state index contributed by atoms with van der Waals surface area (Å²) in [4.78, 5) is 26.8. The topological polar surface area (TPSA) is 79.1 Å². The highest BCUT2D eigenvalue weighted by atomic mass is 16.5. The van der Waals surface area contributed by atoms with Crippen LogP contribution in [-0.2, 0) is 6.61 Å². The lowest BCUT2D eigenvalue weighted by atomic mass is 10.1. The van der Waals surface area contributed by atoms with Gasteiger partial charge in [0.25, 0.3) is 5.56 Å². The van der Waals surface area contributed by atoms with Gasteiger partial charge in [0.2, 0.25) is 0 Å². The van der Waals surface area contributed by atoms with Gasteiger partial charge in [0.05, 0.1) is 29.7 Å². The number of rotatable bonds is 7. The Morgan fingerprint density at radius 3 is 2.53 bits per heavy atom. The second-order valence-corrected chi connectivity index (χ2v) is 8.41. The highest BCUT2D eigenvalue weighted by Crippen LogP contribution is 2.23. The van der Waals surface area contributed by atoms with Gasteiger partial charge in [-0.1, -0.05) is 26.0 Å². The van der Waals surface area contributed by atoms with Crippen LogP contribution in [0, 0.1) is 13.8 Å². The molecule has 4 aromatic rings. The molecule has 0 N–H and O–H groups in total. The number of benzene rings is 1. The van der Waals surface area contributed by atoms with Crippen molar-refractivity contribution in [1.82, 2.24) is 19.5 Å². The van der Waals surface area contributed by atoms with Crippen LogP contribution in [0.3, 0.4) is 0 Å². The molecule has 174 valence electrons. The normalized spacial score (nSPS) is 11.0. The van der Waals surface area contributed by atoms with Crippen LogP contribution >= 0.6 is 0 Å². The fourth-order valence-corrected chi connectivity index (χ4v) is 3.68. The number of pyridine rings is 2. The van der Waals surface area contributed by atoms with Gasteiger partial charge in [-0.05, 0) is 49.7 Å². The second-order valence-electron chi connectivity index (χ2n) is 8.41. The molecule has 0 aliphatic rings. The van der Waals surface area contributed by atoms with E-state index in [9.17, 15) is 4.79 Å². The molecule has 0 bridgehead atoms. The first kappa shape index (κ1) is 23.2. The summed E-state index contributed by atoms with van der Waals surface area (Å²) in [5.41, 5.74) is 4.26. The van der Waals surface area contributed by atoms with E-state index >= 15 is 0 Å². The summed E-state index contributed by atoms with van der Waals surface area (Å²) < 4.78 is 12.9. The molecule has 34 heavy (non-hydrogen) atoms. The molecule has 0 radical (unpaired) electrons. The van der Waals surface area contributed by atoms with Crippen LogP contribution in [0.1, 0.15) is 42.4 Å². The van der Waals surface area contributed by atoms with E-state index in [-0.39, 0.29) is 11.5 Å². The summed E-state index contributed by atoms with van der Waals surface area (Å²) >= 11 is 0. The van der Waals surface area contributed by atoms with Crippen molar-refractivity contribution in [3.63, 3.8) is 0 Å². The molecule has 0 fully saturated rings. The lowest BCUT2D eigenvalue weighted by Crippen LogP contribution is -2.23. The molecule has 7 heteroatoms. The van der Waals surface area contributed by atoms with Gasteiger partial charge < -0.3 is 9.47 Å². The summed E-state index contributed by atoms with van der Waals surface area (Å²) in [6.45, 7) is 8.10. The van der Waals surface area contributed by atoms with Crippen LogP contribution in [0.4, 0.5) is 0 Å². The lowest BCUT2D eigenvalue weighted by Gasteiger charge is -2.16. The minimum atomic E-state index is -0.136. The molecular weight excluding hydrogens is 428 g/mol. The molecule has 0 unspecified atom stereocenters. The van der Waals surface area contributed by atoms with E-state index in [4.69, 9.17) is 9.47 Å². The molecule has 0 amide bonds. The maximum Gasteiger partial charge on any atom is 0.261 e. The fourth-order valence-electron chi connectivity index (χ4n) is 3.68. The monoisotopic (exact) mass is 456 g/mol. The third kappa shape index (κ3) is 4.83. The standard InChI is InChI=1S/C27H28N4O3/c1-17(2)26-29-12-10-23(30-26)24-15-21(9-11-28-24)31-18(3)13-25(19(4)27(31)32)34-16-20-7-6-8-22(14-20)33-5/h6-15,17H,16H2,1-5H3. The van der Waals surface area contributed by atoms with Gasteiger partial charge in [0.15, 0.2) is 0 Å². The average Bonchev–Trinajstić information content (AvgIpc) is 2.86. The Kier molecular flexibility index (Phi) is 6.72. The smallest absolute Gasteiger partial charge is 0.261 e.